The summed E-state index contributed by atoms with van der Waals surface area (Å²) in [6.45, 7) is 2.67. The van der Waals surface area contributed by atoms with E-state index in [0.717, 1.165) is 17.7 Å². The smallest absolute Gasteiger partial charge is 0.305 e. The lowest BCUT2D eigenvalue weighted by atomic mass is 9.95. The number of carbonyl (C=O) groups is 2. The second-order valence-corrected chi connectivity index (χ2v) is 5.01. The number of fused-ring (bicyclic) bond motifs is 1. The lowest BCUT2D eigenvalue weighted by Crippen LogP contribution is -2.42. The van der Waals surface area contributed by atoms with E-state index in [0.29, 0.717) is 12.5 Å². The van der Waals surface area contributed by atoms with Gasteiger partial charge in [0.05, 0.1) is 6.42 Å². The van der Waals surface area contributed by atoms with Gasteiger partial charge in [-0.05, 0) is 17.9 Å². The summed E-state index contributed by atoms with van der Waals surface area (Å²) in [5.41, 5.74) is 1.99. The van der Waals surface area contributed by atoms with E-state index >= 15 is 0 Å². The minimum Gasteiger partial charge on any atom is -0.481 e. The van der Waals surface area contributed by atoms with Gasteiger partial charge in [-0.1, -0.05) is 19.1 Å². The van der Waals surface area contributed by atoms with Crippen LogP contribution in [0.3, 0.4) is 0 Å². The maximum Gasteiger partial charge on any atom is 0.305 e. The Bertz CT molecular complexity index is 440. The number of allylic oxidation sites excluding steroid dienone is 2. The quantitative estimate of drug-likeness (QED) is 0.758. The van der Waals surface area contributed by atoms with Gasteiger partial charge in [0.15, 0.2) is 0 Å². The van der Waals surface area contributed by atoms with Gasteiger partial charge in [0.2, 0.25) is 5.91 Å². The van der Waals surface area contributed by atoms with Gasteiger partial charge in [0.25, 0.3) is 0 Å². The average Bonchev–Trinajstić information content (AvgIpc) is 2.39. The monoisotopic (exact) mass is 250 g/mol. The summed E-state index contributed by atoms with van der Waals surface area (Å²) in [6, 6.07) is -0.668. The fourth-order valence-corrected chi connectivity index (χ4v) is 2.39. The van der Waals surface area contributed by atoms with E-state index in [4.69, 9.17) is 5.11 Å². The number of hydrogen-bond donors (Lipinski definition) is 2. The molecule has 2 N–H and O–H groups in total. The summed E-state index contributed by atoms with van der Waals surface area (Å²) >= 11 is 0. The Kier molecular flexibility index (Phi) is 3.41. The minimum atomic E-state index is -0.966. The Hall–Kier alpha value is -1.78. The van der Waals surface area contributed by atoms with Gasteiger partial charge in [-0.2, -0.15) is 0 Å². The molecule has 0 aromatic heterocycles. The number of amides is 1. The van der Waals surface area contributed by atoms with Crippen molar-refractivity contribution >= 4 is 11.9 Å². The molecular formula is C13H18N2O3. The highest BCUT2D eigenvalue weighted by molar-refractivity contribution is 5.87. The first-order chi connectivity index (χ1) is 8.47. The summed E-state index contributed by atoms with van der Waals surface area (Å²) in [7, 11) is 1.71. The third-order valence-electron chi connectivity index (χ3n) is 3.32. The molecule has 18 heavy (non-hydrogen) atoms. The van der Waals surface area contributed by atoms with Crippen LogP contribution in [0.4, 0.5) is 0 Å². The molecule has 0 aromatic rings. The maximum absolute atomic E-state index is 12.1. The highest BCUT2D eigenvalue weighted by atomic mass is 16.4. The Morgan fingerprint density at radius 3 is 3.00 bits per heavy atom. The van der Waals surface area contributed by atoms with Crippen LogP contribution in [-0.4, -0.2) is 41.5 Å². The van der Waals surface area contributed by atoms with Crippen LogP contribution in [0, 0.1) is 5.92 Å². The fraction of sp³-hybridized carbons (Fsp3) is 0.538. The van der Waals surface area contributed by atoms with Crippen molar-refractivity contribution in [3.8, 4) is 0 Å². The van der Waals surface area contributed by atoms with E-state index in [-0.39, 0.29) is 12.3 Å². The second kappa shape index (κ2) is 4.84. The summed E-state index contributed by atoms with van der Waals surface area (Å²) in [4.78, 5) is 24.4. The number of carboxylic acid groups (broad SMARTS) is 1. The largest absolute Gasteiger partial charge is 0.481 e. The Morgan fingerprint density at radius 2 is 2.33 bits per heavy atom. The number of hydrogen-bond acceptors (Lipinski definition) is 3. The Labute approximate surface area is 106 Å². The van der Waals surface area contributed by atoms with E-state index in [9.17, 15) is 9.59 Å². The van der Waals surface area contributed by atoms with Crippen LogP contribution in [0.5, 0.6) is 0 Å². The van der Waals surface area contributed by atoms with Crippen molar-refractivity contribution in [2.24, 2.45) is 5.92 Å². The molecule has 1 aliphatic heterocycles. The van der Waals surface area contributed by atoms with Gasteiger partial charge in [-0.15, -0.1) is 0 Å². The van der Waals surface area contributed by atoms with Crippen LogP contribution < -0.4 is 5.32 Å². The molecule has 1 amide bonds. The molecule has 0 aromatic carbocycles. The molecule has 1 aliphatic carbocycles. The van der Waals surface area contributed by atoms with Crippen LogP contribution in [0.2, 0.25) is 0 Å². The van der Waals surface area contributed by atoms with Gasteiger partial charge < -0.3 is 15.3 Å². The molecule has 2 atom stereocenters. The molecule has 1 heterocycles. The summed E-state index contributed by atoms with van der Waals surface area (Å²) in [5, 5.41) is 11.9. The minimum absolute atomic E-state index is 0.166. The van der Waals surface area contributed by atoms with Gasteiger partial charge in [0.1, 0.15) is 6.04 Å². The zero-order chi connectivity index (χ0) is 13.3. The average molecular weight is 250 g/mol. The van der Waals surface area contributed by atoms with Gasteiger partial charge in [-0.25, -0.2) is 0 Å². The van der Waals surface area contributed by atoms with E-state index in [1.54, 1.807) is 11.9 Å². The topological polar surface area (TPSA) is 69.6 Å². The maximum atomic E-state index is 12.1. The first-order valence-electron chi connectivity index (χ1n) is 6.12. The molecule has 5 heteroatoms. The van der Waals surface area contributed by atoms with Gasteiger partial charge >= 0.3 is 5.97 Å². The Balaban J connectivity index is 2.25. The highest BCUT2D eigenvalue weighted by Gasteiger charge is 2.31. The van der Waals surface area contributed by atoms with Crippen molar-refractivity contribution in [3.63, 3.8) is 0 Å². The predicted molar refractivity (Wildman–Crippen MR) is 66.8 cm³/mol. The molecule has 2 unspecified atom stereocenters. The number of carboxylic acids is 1. The number of rotatable bonds is 2. The molecular weight excluding hydrogens is 232 g/mol. The summed E-state index contributed by atoms with van der Waals surface area (Å²) < 4.78 is 0. The SMILES string of the molecule is CC1C=C2CN(C)C(=O)C(CC(=O)O)NC2=CC1. The molecule has 2 aliphatic rings. The molecule has 1 fully saturated rings. The fourth-order valence-electron chi connectivity index (χ4n) is 2.39. The summed E-state index contributed by atoms with van der Waals surface area (Å²) in [6.07, 6.45) is 4.93. The van der Waals surface area contributed by atoms with E-state index in [1.165, 1.54) is 0 Å². The van der Waals surface area contributed by atoms with Crippen LogP contribution in [0.25, 0.3) is 0 Å². The Morgan fingerprint density at radius 1 is 1.61 bits per heavy atom. The van der Waals surface area contributed by atoms with Crippen LogP contribution in [0.1, 0.15) is 19.8 Å². The third kappa shape index (κ3) is 2.55. The molecule has 2 rings (SSSR count). The molecule has 0 bridgehead atoms. The second-order valence-electron chi connectivity index (χ2n) is 5.01. The molecule has 98 valence electrons. The van der Waals surface area contributed by atoms with Gasteiger partial charge in [0, 0.05) is 19.3 Å². The number of nitrogens with zero attached hydrogens (tertiary/aromatic N) is 1. The van der Waals surface area contributed by atoms with Crippen LogP contribution in [-0.2, 0) is 9.59 Å². The van der Waals surface area contributed by atoms with E-state index in [1.807, 2.05) is 0 Å². The lowest BCUT2D eigenvalue weighted by Gasteiger charge is -2.20. The lowest BCUT2D eigenvalue weighted by molar-refractivity contribution is -0.141. The molecule has 1 saturated heterocycles. The van der Waals surface area contributed by atoms with Crippen molar-refractivity contribution < 1.29 is 14.7 Å². The third-order valence-corrected chi connectivity index (χ3v) is 3.32. The number of likely N-dealkylation sites (N-methyl/N-ethyl adjacent to an activating group) is 1. The predicted octanol–water partition coefficient (Wildman–Crippen LogP) is 0.741. The highest BCUT2D eigenvalue weighted by Crippen LogP contribution is 2.24. The van der Waals surface area contributed by atoms with Crippen molar-refractivity contribution in [1.29, 1.82) is 0 Å². The van der Waals surface area contributed by atoms with E-state index in [2.05, 4.69) is 24.4 Å². The van der Waals surface area contributed by atoms with Crippen LogP contribution in [0.15, 0.2) is 23.4 Å². The summed E-state index contributed by atoms with van der Waals surface area (Å²) in [5.74, 6) is -0.669. The first kappa shape index (κ1) is 12.7. The number of nitrogens with one attached hydrogen (secondary N) is 1. The molecule has 0 saturated carbocycles. The van der Waals surface area contributed by atoms with Crippen LogP contribution >= 0.6 is 0 Å². The first-order valence-corrected chi connectivity index (χ1v) is 6.12. The number of aliphatic carboxylic acids is 1. The molecule has 5 nitrogen and oxygen atoms in total. The standard InChI is InChI=1S/C13H18N2O3/c1-8-3-4-10-9(5-8)7-15(2)13(18)11(14-10)6-12(16)17/h4-5,8,11,14H,3,6-7H2,1-2H3,(H,16,17). The van der Waals surface area contributed by atoms with E-state index < -0.39 is 12.0 Å². The molecule has 0 radical (unpaired) electrons. The zero-order valence-corrected chi connectivity index (χ0v) is 10.6. The van der Waals surface area contributed by atoms with Crippen molar-refractivity contribution in [1.82, 2.24) is 10.2 Å². The molecule has 0 spiro atoms. The van der Waals surface area contributed by atoms with Crippen molar-refractivity contribution in [3.05, 3.63) is 23.4 Å². The van der Waals surface area contributed by atoms with Crippen molar-refractivity contribution in [2.45, 2.75) is 25.8 Å². The number of carbonyl (C=O) groups excluding carboxylic acids is 1. The normalized spacial score (nSPS) is 27.7. The van der Waals surface area contributed by atoms with Crippen molar-refractivity contribution in [2.75, 3.05) is 13.6 Å². The zero-order valence-electron chi connectivity index (χ0n) is 10.6. The van der Waals surface area contributed by atoms with Gasteiger partial charge in [-0.3, -0.25) is 9.59 Å².